The van der Waals surface area contributed by atoms with Gasteiger partial charge in [0.25, 0.3) is 0 Å². The number of aryl methyl sites for hydroxylation is 1. The van der Waals surface area contributed by atoms with Gasteiger partial charge in [-0.2, -0.15) is 0 Å². The number of amides is 1. The second-order valence-corrected chi connectivity index (χ2v) is 6.70. The summed E-state index contributed by atoms with van der Waals surface area (Å²) in [5.41, 5.74) is 0.388. The van der Waals surface area contributed by atoms with E-state index in [1.807, 2.05) is 19.1 Å². The predicted octanol–water partition coefficient (Wildman–Crippen LogP) is 3.20. The molecule has 1 amide bonds. The fourth-order valence-electron chi connectivity index (χ4n) is 2.10. The highest BCUT2D eigenvalue weighted by molar-refractivity contribution is 7.12. The molecule has 0 bridgehead atoms. The van der Waals surface area contributed by atoms with Gasteiger partial charge in [0.1, 0.15) is 5.75 Å². The molecular formula is C16H16ClNO4S. The minimum atomic E-state index is -1.16. The van der Waals surface area contributed by atoms with E-state index in [4.69, 9.17) is 16.3 Å². The monoisotopic (exact) mass is 353 g/mol. The van der Waals surface area contributed by atoms with Gasteiger partial charge < -0.3 is 15.2 Å². The van der Waals surface area contributed by atoms with Crippen LogP contribution in [0.4, 0.5) is 0 Å². The van der Waals surface area contributed by atoms with E-state index < -0.39 is 12.0 Å². The van der Waals surface area contributed by atoms with E-state index in [0.717, 1.165) is 9.75 Å². The zero-order valence-electron chi connectivity index (χ0n) is 12.6. The van der Waals surface area contributed by atoms with Crippen molar-refractivity contribution >= 4 is 34.8 Å². The van der Waals surface area contributed by atoms with Crippen molar-refractivity contribution in [3.8, 4) is 5.75 Å². The SMILES string of the molecule is COc1ccc(C(NC(=O)Cc2ccc(C)s2)C(=O)O)cc1Cl. The normalized spacial score (nSPS) is 11.8. The van der Waals surface area contributed by atoms with Gasteiger partial charge in [-0.25, -0.2) is 4.79 Å². The van der Waals surface area contributed by atoms with Crippen molar-refractivity contribution in [1.29, 1.82) is 0 Å². The average Bonchev–Trinajstić information content (AvgIpc) is 2.89. The summed E-state index contributed by atoms with van der Waals surface area (Å²) in [6, 6.07) is 7.24. The first-order valence-corrected chi connectivity index (χ1v) is 8.01. The largest absolute Gasteiger partial charge is 0.495 e. The number of carbonyl (C=O) groups excluding carboxylic acids is 1. The number of nitrogens with one attached hydrogen (secondary N) is 1. The summed E-state index contributed by atoms with van der Waals surface area (Å²) < 4.78 is 5.04. The van der Waals surface area contributed by atoms with Gasteiger partial charge in [0, 0.05) is 9.75 Å². The number of ether oxygens (including phenoxy) is 1. The number of benzene rings is 1. The number of carboxylic acid groups (broad SMARTS) is 1. The molecule has 0 saturated heterocycles. The molecule has 2 aromatic rings. The lowest BCUT2D eigenvalue weighted by Gasteiger charge is -2.16. The van der Waals surface area contributed by atoms with E-state index in [-0.39, 0.29) is 12.3 Å². The molecule has 23 heavy (non-hydrogen) atoms. The van der Waals surface area contributed by atoms with Crippen molar-refractivity contribution in [3.63, 3.8) is 0 Å². The van der Waals surface area contributed by atoms with E-state index >= 15 is 0 Å². The summed E-state index contributed by atoms with van der Waals surface area (Å²) in [4.78, 5) is 25.6. The number of methoxy groups -OCH3 is 1. The van der Waals surface area contributed by atoms with E-state index in [2.05, 4.69) is 5.32 Å². The zero-order valence-corrected chi connectivity index (χ0v) is 14.2. The van der Waals surface area contributed by atoms with Gasteiger partial charge in [0.05, 0.1) is 18.6 Å². The molecule has 2 rings (SSSR count). The third-order valence-corrected chi connectivity index (χ3v) is 4.49. The van der Waals surface area contributed by atoms with Crippen LogP contribution in [0.1, 0.15) is 21.4 Å². The summed E-state index contributed by atoms with van der Waals surface area (Å²) >= 11 is 7.53. The number of hydrogen-bond acceptors (Lipinski definition) is 4. The van der Waals surface area contributed by atoms with Crippen LogP contribution in [0.3, 0.4) is 0 Å². The molecule has 5 nitrogen and oxygen atoms in total. The molecule has 0 aliphatic heterocycles. The number of hydrogen-bond donors (Lipinski definition) is 2. The molecule has 7 heteroatoms. The predicted molar refractivity (Wildman–Crippen MR) is 89.3 cm³/mol. The van der Waals surface area contributed by atoms with Gasteiger partial charge >= 0.3 is 5.97 Å². The van der Waals surface area contributed by atoms with E-state index in [1.165, 1.54) is 24.5 Å². The Kier molecular flexibility index (Phi) is 5.63. The van der Waals surface area contributed by atoms with Gasteiger partial charge in [-0.3, -0.25) is 4.79 Å². The molecule has 0 radical (unpaired) electrons. The van der Waals surface area contributed by atoms with Crippen molar-refractivity contribution in [2.24, 2.45) is 0 Å². The molecule has 1 atom stereocenters. The lowest BCUT2D eigenvalue weighted by Crippen LogP contribution is -2.34. The molecule has 1 unspecified atom stereocenters. The van der Waals surface area contributed by atoms with Crippen LogP contribution in [0.2, 0.25) is 5.02 Å². The molecule has 0 aliphatic rings. The summed E-state index contributed by atoms with van der Waals surface area (Å²) in [5.74, 6) is -1.06. The van der Waals surface area contributed by atoms with Crippen LogP contribution in [0, 0.1) is 6.92 Å². The number of carbonyl (C=O) groups is 2. The quantitative estimate of drug-likeness (QED) is 0.836. The Balaban J connectivity index is 2.13. The second-order valence-electron chi connectivity index (χ2n) is 4.92. The Labute approximate surface area is 142 Å². The lowest BCUT2D eigenvalue weighted by molar-refractivity contribution is -0.141. The smallest absolute Gasteiger partial charge is 0.330 e. The average molecular weight is 354 g/mol. The van der Waals surface area contributed by atoms with Crippen LogP contribution < -0.4 is 10.1 Å². The molecule has 1 aromatic heterocycles. The zero-order chi connectivity index (χ0) is 17.0. The van der Waals surface area contributed by atoms with Crippen molar-refractivity contribution in [3.05, 3.63) is 50.7 Å². The maximum absolute atomic E-state index is 12.1. The Morgan fingerprint density at radius 3 is 2.61 bits per heavy atom. The van der Waals surface area contributed by atoms with Crippen LogP contribution in [-0.4, -0.2) is 24.1 Å². The van der Waals surface area contributed by atoms with E-state index in [9.17, 15) is 14.7 Å². The highest BCUT2D eigenvalue weighted by Gasteiger charge is 2.23. The maximum Gasteiger partial charge on any atom is 0.330 e. The molecule has 1 heterocycles. The molecule has 2 N–H and O–H groups in total. The minimum absolute atomic E-state index is 0.145. The van der Waals surface area contributed by atoms with Gasteiger partial charge in [0.15, 0.2) is 6.04 Å². The Hall–Kier alpha value is -2.05. The standard InChI is InChI=1S/C16H16ClNO4S/c1-9-3-5-11(23-9)8-14(19)18-15(16(20)21)10-4-6-13(22-2)12(17)7-10/h3-7,15H,8H2,1-2H3,(H,18,19)(H,20,21). The molecular weight excluding hydrogens is 338 g/mol. The Bertz CT molecular complexity index is 729. The first-order valence-electron chi connectivity index (χ1n) is 6.81. The van der Waals surface area contributed by atoms with E-state index in [0.29, 0.717) is 16.3 Å². The first-order chi connectivity index (χ1) is 10.9. The molecule has 0 fully saturated rings. The third-order valence-electron chi connectivity index (χ3n) is 3.19. The number of carboxylic acids is 1. The summed E-state index contributed by atoms with van der Waals surface area (Å²) in [6.45, 7) is 1.95. The molecule has 122 valence electrons. The van der Waals surface area contributed by atoms with Gasteiger partial charge in [0.2, 0.25) is 5.91 Å². The minimum Gasteiger partial charge on any atom is -0.495 e. The van der Waals surface area contributed by atoms with Crippen molar-refractivity contribution in [2.45, 2.75) is 19.4 Å². The van der Waals surface area contributed by atoms with Crippen molar-refractivity contribution < 1.29 is 19.4 Å². The van der Waals surface area contributed by atoms with E-state index in [1.54, 1.807) is 12.1 Å². The summed E-state index contributed by atoms with van der Waals surface area (Å²) in [6.07, 6.45) is 0.145. The Morgan fingerprint density at radius 1 is 1.35 bits per heavy atom. The van der Waals surface area contributed by atoms with Crippen LogP contribution in [0.25, 0.3) is 0 Å². The van der Waals surface area contributed by atoms with Crippen molar-refractivity contribution in [1.82, 2.24) is 5.32 Å². The lowest BCUT2D eigenvalue weighted by atomic mass is 10.1. The van der Waals surface area contributed by atoms with Crippen molar-refractivity contribution in [2.75, 3.05) is 7.11 Å². The number of thiophene rings is 1. The van der Waals surface area contributed by atoms with Gasteiger partial charge in [-0.05, 0) is 36.8 Å². The van der Waals surface area contributed by atoms with Crippen LogP contribution in [-0.2, 0) is 16.0 Å². The first kappa shape index (κ1) is 17.3. The Morgan fingerprint density at radius 2 is 2.09 bits per heavy atom. The second kappa shape index (κ2) is 7.48. The fourth-order valence-corrected chi connectivity index (χ4v) is 3.26. The summed E-state index contributed by atoms with van der Waals surface area (Å²) in [7, 11) is 1.47. The number of rotatable bonds is 6. The third kappa shape index (κ3) is 4.46. The molecule has 0 spiro atoms. The fraction of sp³-hybridized carbons (Fsp3) is 0.250. The van der Waals surface area contributed by atoms with Crippen LogP contribution >= 0.6 is 22.9 Å². The molecule has 0 aliphatic carbocycles. The maximum atomic E-state index is 12.1. The highest BCUT2D eigenvalue weighted by Crippen LogP contribution is 2.28. The van der Waals surface area contributed by atoms with Gasteiger partial charge in [-0.1, -0.05) is 17.7 Å². The van der Waals surface area contributed by atoms with Gasteiger partial charge in [-0.15, -0.1) is 11.3 Å². The molecule has 1 aromatic carbocycles. The highest BCUT2D eigenvalue weighted by atomic mass is 35.5. The van der Waals surface area contributed by atoms with Crippen LogP contribution in [0.5, 0.6) is 5.75 Å². The molecule has 0 saturated carbocycles. The summed E-state index contributed by atoms with van der Waals surface area (Å²) in [5, 5.41) is 12.2. The van der Waals surface area contributed by atoms with Crippen LogP contribution in [0.15, 0.2) is 30.3 Å². The number of halogens is 1. The topological polar surface area (TPSA) is 75.6 Å². The number of aliphatic carboxylic acids is 1.